The average molecular weight is 265 g/mol. The summed E-state index contributed by atoms with van der Waals surface area (Å²) in [6, 6.07) is 5.15. The Labute approximate surface area is 115 Å². The predicted octanol–water partition coefficient (Wildman–Crippen LogP) is 4.06. The van der Waals surface area contributed by atoms with Gasteiger partial charge in [-0.15, -0.1) is 6.58 Å². The summed E-state index contributed by atoms with van der Waals surface area (Å²) in [5.41, 5.74) is 0.942. The van der Waals surface area contributed by atoms with Crippen molar-refractivity contribution in [3.05, 3.63) is 42.2 Å². The Morgan fingerprint density at radius 2 is 2.16 bits per heavy atom. The molecule has 1 aromatic carbocycles. The third-order valence-electron chi connectivity index (χ3n) is 2.89. The van der Waals surface area contributed by atoms with Gasteiger partial charge in [-0.25, -0.2) is 4.39 Å². The molecule has 1 aromatic rings. The Morgan fingerprint density at radius 1 is 1.32 bits per heavy atom. The number of halogens is 1. The Morgan fingerprint density at radius 3 is 2.84 bits per heavy atom. The van der Waals surface area contributed by atoms with Crippen LogP contribution in [0, 0.1) is 5.82 Å². The fourth-order valence-electron chi connectivity index (χ4n) is 1.79. The van der Waals surface area contributed by atoms with Gasteiger partial charge in [-0.2, -0.15) is 0 Å². The van der Waals surface area contributed by atoms with Crippen LogP contribution in [0.15, 0.2) is 30.9 Å². The molecule has 0 spiro atoms. The Kier molecular flexibility index (Phi) is 7.91. The van der Waals surface area contributed by atoms with Crippen molar-refractivity contribution in [1.29, 1.82) is 0 Å². The van der Waals surface area contributed by atoms with Gasteiger partial charge in [0.05, 0.1) is 6.61 Å². The molecule has 0 radical (unpaired) electrons. The number of hydrogen-bond acceptors (Lipinski definition) is 2. The second-order valence-electron chi connectivity index (χ2n) is 4.53. The summed E-state index contributed by atoms with van der Waals surface area (Å²) in [6.45, 7) is 7.85. The summed E-state index contributed by atoms with van der Waals surface area (Å²) in [4.78, 5) is 0. The first-order valence-electron chi connectivity index (χ1n) is 7.00. The zero-order valence-electron chi connectivity index (χ0n) is 11.8. The molecule has 1 N–H and O–H groups in total. The van der Waals surface area contributed by atoms with Crippen LogP contribution in [-0.2, 0) is 6.54 Å². The van der Waals surface area contributed by atoms with Gasteiger partial charge in [0.15, 0.2) is 11.6 Å². The van der Waals surface area contributed by atoms with Gasteiger partial charge in [-0.1, -0.05) is 19.1 Å². The first-order chi connectivity index (χ1) is 9.27. The van der Waals surface area contributed by atoms with Crippen LogP contribution in [0.4, 0.5) is 4.39 Å². The molecule has 0 aliphatic carbocycles. The summed E-state index contributed by atoms with van der Waals surface area (Å²) in [7, 11) is 0. The van der Waals surface area contributed by atoms with Crippen molar-refractivity contribution in [2.45, 2.75) is 39.2 Å². The van der Waals surface area contributed by atoms with Gasteiger partial charge in [-0.05, 0) is 49.9 Å². The van der Waals surface area contributed by atoms with E-state index in [9.17, 15) is 4.39 Å². The van der Waals surface area contributed by atoms with E-state index < -0.39 is 0 Å². The lowest BCUT2D eigenvalue weighted by molar-refractivity contribution is 0.290. The highest BCUT2D eigenvalue weighted by Gasteiger charge is 2.04. The molecular formula is C16H24FNO. The van der Waals surface area contributed by atoms with E-state index in [1.54, 1.807) is 6.07 Å². The van der Waals surface area contributed by atoms with Crippen molar-refractivity contribution in [2.24, 2.45) is 0 Å². The Balaban J connectivity index is 2.31. The monoisotopic (exact) mass is 265 g/mol. The first kappa shape index (κ1) is 15.7. The number of unbranched alkanes of at least 4 members (excludes halogenated alkanes) is 3. The molecule has 1 rings (SSSR count). The molecule has 0 amide bonds. The molecule has 3 heteroatoms. The maximum Gasteiger partial charge on any atom is 0.165 e. The number of rotatable bonds is 10. The van der Waals surface area contributed by atoms with Crippen LogP contribution in [0.1, 0.15) is 38.2 Å². The van der Waals surface area contributed by atoms with Gasteiger partial charge < -0.3 is 10.1 Å². The molecule has 106 valence electrons. The topological polar surface area (TPSA) is 21.3 Å². The highest BCUT2D eigenvalue weighted by atomic mass is 19.1. The molecule has 0 saturated heterocycles. The lowest BCUT2D eigenvalue weighted by Gasteiger charge is -2.09. The zero-order chi connectivity index (χ0) is 13.9. The van der Waals surface area contributed by atoms with Crippen molar-refractivity contribution in [2.75, 3.05) is 13.2 Å². The number of allylic oxidation sites excluding steroid dienone is 1. The van der Waals surface area contributed by atoms with Gasteiger partial charge in [0, 0.05) is 6.54 Å². The van der Waals surface area contributed by atoms with E-state index in [0.717, 1.165) is 37.8 Å². The molecule has 0 atom stereocenters. The highest BCUT2D eigenvalue weighted by Crippen LogP contribution is 2.18. The third kappa shape index (κ3) is 6.39. The smallest absolute Gasteiger partial charge is 0.165 e. The van der Waals surface area contributed by atoms with E-state index in [0.29, 0.717) is 18.9 Å². The molecule has 0 unspecified atom stereocenters. The molecule has 0 aromatic heterocycles. The van der Waals surface area contributed by atoms with Crippen molar-refractivity contribution in [3.63, 3.8) is 0 Å². The van der Waals surface area contributed by atoms with Crippen LogP contribution in [0.3, 0.4) is 0 Å². The maximum absolute atomic E-state index is 13.7. The summed E-state index contributed by atoms with van der Waals surface area (Å²) >= 11 is 0. The molecule has 0 heterocycles. The van der Waals surface area contributed by atoms with Gasteiger partial charge in [0.2, 0.25) is 0 Å². The predicted molar refractivity (Wildman–Crippen MR) is 77.9 cm³/mol. The van der Waals surface area contributed by atoms with Crippen LogP contribution >= 0.6 is 0 Å². The summed E-state index contributed by atoms with van der Waals surface area (Å²) < 4.78 is 19.2. The van der Waals surface area contributed by atoms with E-state index in [1.165, 1.54) is 6.07 Å². The maximum atomic E-state index is 13.7. The SMILES string of the molecule is C=CCCCCCOc1ccc(CNCC)cc1F. The summed E-state index contributed by atoms with van der Waals surface area (Å²) in [6.07, 6.45) is 6.12. The average Bonchev–Trinajstić information content (AvgIpc) is 2.42. The molecule has 0 aliphatic heterocycles. The van der Waals surface area contributed by atoms with Crippen LogP contribution in [0.25, 0.3) is 0 Å². The van der Waals surface area contributed by atoms with E-state index in [1.807, 2.05) is 19.1 Å². The van der Waals surface area contributed by atoms with Crippen molar-refractivity contribution < 1.29 is 9.13 Å². The fraction of sp³-hybridized carbons (Fsp3) is 0.500. The minimum atomic E-state index is -0.276. The second-order valence-corrected chi connectivity index (χ2v) is 4.53. The van der Waals surface area contributed by atoms with E-state index in [-0.39, 0.29) is 5.82 Å². The van der Waals surface area contributed by atoms with Gasteiger partial charge in [0.1, 0.15) is 0 Å². The Bertz CT molecular complexity index is 379. The first-order valence-corrected chi connectivity index (χ1v) is 7.00. The second kappa shape index (κ2) is 9.56. The fourth-order valence-corrected chi connectivity index (χ4v) is 1.79. The minimum Gasteiger partial charge on any atom is -0.491 e. The van der Waals surface area contributed by atoms with E-state index in [2.05, 4.69) is 11.9 Å². The minimum absolute atomic E-state index is 0.276. The van der Waals surface area contributed by atoms with Gasteiger partial charge in [0.25, 0.3) is 0 Å². The molecule has 0 aliphatic rings. The number of ether oxygens (including phenoxy) is 1. The number of benzene rings is 1. The van der Waals surface area contributed by atoms with Crippen molar-refractivity contribution in [3.8, 4) is 5.75 Å². The largest absolute Gasteiger partial charge is 0.491 e. The molecular weight excluding hydrogens is 241 g/mol. The lowest BCUT2D eigenvalue weighted by Crippen LogP contribution is -2.12. The Hall–Kier alpha value is -1.35. The standard InChI is InChI=1S/C16H24FNO/c1-3-5-6-7-8-11-19-16-10-9-14(12-15(16)17)13-18-4-2/h3,9-10,12,18H,1,4-8,11,13H2,2H3. The van der Waals surface area contributed by atoms with Crippen molar-refractivity contribution in [1.82, 2.24) is 5.32 Å². The van der Waals surface area contributed by atoms with Crippen LogP contribution < -0.4 is 10.1 Å². The molecule has 19 heavy (non-hydrogen) atoms. The van der Waals surface area contributed by atoms with E-state index >= 15 is 0 Å². The molecule has 0 saturated carbocycles. The lowest BCUT2D eigenvalue weighted by atomic mass is 10.2. The van der Waals surface area contributed by atoms with Crippen LogP contribution in [-0.4, -0.2) is 13.2 Å². The van der Waals surface area contributed by atoms with Gasteiger partial charge in [-0.3, -0.25) is 0 Å². The van der Waals surface area contributed by atoms with Crippen LogP contribution in [0.2, 0.25) is 0 Å². The van der Waals surface area contributed by atoms with E-state index in [4.69, 9.17) is 4.74 Å². The van der Waals surface area contributed by atoms with Gasteiger partial charge >= 0.3 is 0 Å². The zero-order valence-corrected chi connectivity index (χ0v) is 11.8. The molecule has 0 fully saturated rings. The number of nitrogens with one attached hydrogen (secondary N) is 1. The quantitative estimate of drug-likeness (QED) is 0.509. The van der Waals surface area contributed by atoms with Crippen molar-refractivity contribution >= 4 is 0 Å². The number of hydrogen-bond donors (Lipinski definition) is 1. The normalized spacial score (nSPS) is 10.4. The molecule has 2 nitrogen and oxygen atoms in total. The summed E-state index contributed by atoms with van der Waals surface area (Å²) in [5, 5.41) is 3.17. The van der Waals surface area contributed by atoms with Crippen LogP contribution in [0.5, 0.6) is 5.75 Å². The highest BCUT2D eigenvalue weighted by molar-refractivity contribution is 5.29. The third-order valence-corrected chi connectivity index (χ3v) is 2.89. The summed E-state index contributed by atoms with van der Waals surface area (Å²) in [5.74, 6) is 0.0745. The molecule has 0 bridgehead atoms.